The zero-order valence-electron chi connectivity index (χ0n) is 10.4. The monoisotopic (exact) mass is 300 g/mol. The average Bonchev–Trinajstić information content (AvgIpc) is 2.42. The Kier molecular flexibility index (Phi) is 4.06. The van der Waals surface area contributed by atoms with Crippen LogP contribution in [0.5, 0.6) is 0 Å². The first-order valence-corrected chi connectivity index (χ1v) is 5.69. The SMILES string of the molecule is O=[N+]([O-])c1ccc(F)c(NCc2cc(F)c(F)cc2F)c1. The first-order chi connectivity index (χ1) is 9.88. The van der Waals surface area contributed by atoms with Gasteiger partial charge in [0.1, 0.15) is 11.6 Å². The van der Waals surface area contributed by atoms with Crippen LogP contribution in [-0.2, 0) is 6.54 Å². The topological polar surface area (TPSA) is 55.2 Å². The zero-order valence-corrected chi connectivity index (χ0v) is 10.4. The van der Waals surface area contributed by atoms with Gasteiger partial charge in [0.05, 0.1) is 10.6 Å². The quantitative estimate of drug-likeness (QED) is 0.405. The highest BCUT2D eigenvalue weighted by Gasteiger charge is 2.13. The summed E-state index contributed by atoms with van der Waals surface area (Å²) in [6.45, 7) is -0.360. The van der Waals surface area contributed by atoms with Crippen molar-refractivity contribution in [3.8, 4) is 0 Å². The Morgan fingerprint density at radius 3 is 2.29 bits per heavy atom. The van der Waals surface area contributed by atoms with Gasteiger partial charge in [-0.3, -0.25) is 10.1 Å². The third-order valence-corrected chi connectivity index (χ3v) is 2.72. The molecule has 110 valence electrons. The van der Waals surface area contributed by atoms with Crippen LogP contribution < -0.4 is 5.32 Å². The molecule has 0 heterocycles. The molecule has 0 spiro atoms. The van der Waals surface area contributed by atoms with Crippen molar-refractivity contribution in [1.29, 1.82) is 0 Å². The molecule has 21 heavy (non-hydrogen) atoms. The van der Waals surface area contributed by atoms with Crippen molar-refractivity contribution in [3.63, 3.8) is 0 Å². The highest BCUT2D eigenvalue weighted by atomic mass is 19.2. The Balaban J connectivity index is 2.22. The highest BCUT2D eigenvalue weighted by Crippen LogP contribution is 2.22. The number of nitro groups is 1. The molecule has 0 aromatic heterocycles. The molecule has 0 amide bonds. The predicted molar refractivity (Wildman–Crippen MR) is 66.7 cm³/mol. The van der Waals surface area contributed by atoms with Gasteiger partial charge in [0.2, 0.25) is 0 Å². The lowest BCUT2D eigenvalue weighted by atomic mass is 10.2. The van der Waals surface area contributed by atoms with Gasteiger partial charge >= 0.3 is 0 Å². The van der Waals surface area contributed by atoms with Crippen LogP contribution in [0.1, 0.15) is 5.56 Å². The van der Waals surface area contributed by atoms with Crippen LogP contribution in [0.3, 0.4) is 0 Å². The first kappa shape index (κ1) is 14.8. The molecular weight excluding hydrogens is 292 g/mol. The summed E-state index contributed by atoms with van der Waals surface area (Å²) in [5.74, 6) is -4.37. The second-order valence-corrected chi connectivity index (χ2v) is 4.13. The smallest absolute Gasteiger partial charge is 0.271 e. The van der Waals surface area contributed by atoms with E-state index in [1.54, 1.807) is 0 Å². The number of anilines is 1. The summed E-state index contributed by atoms with van der Waals surface area (Å²) in [4.78, 5) is 9.86. The number of nitrogens with one attached hydrogen (secondary N) is 1. The Bertz CT molecular complexity index is 707. The van der Waals surface area contributed by atoms with Crippen LogP contribution >= 0.6 is 0 Å². The minimum absolute atomic E-state index is 0.236. The molecule has 0 fully saturated rings. The molecule has 2 aromatic rings. The van der Waals surface area contributed by atoms with Gasteiger partial charge in [-0.15, -0.1) is 0 Å². The van der Waals surface area contributed by atoms with E-state index in [1.807, 2.05) is 0 Å². The molecule has 0 aliphatic rings. The maximum Gasteiger partial charge on any atom is 0.271 e. The van der Waals surface area contributed by atoms with E-state index in [0.717, 1.165) is 18.2 Å². The van der Waals surface area contributed by atoms with Crippen LogP contribution in [-0.4, -0.2) is 4.92 Å². The van der Waals surface area contributed by atoms with Crippen molar-refractivity contribution in [2.75, 3.05) is 5.32 Å². The van der Waals surface area contributed by atoms with Gasteiger partial charge in [0, 0.05) is 30.3 Å². The van der Waals surface area contributed by atoms with Gasteiger partial charge in [-0.05, 0) is 12.1 Å². The molecule has 8 heteroatoms. The minimum atomic E-state index is -1.34. The number of benzene rings is 2. The third kappa shape index (κ3) is 3.28. The Labute approximate surface area is 116 Å². The predicted octanol–water partition coefficient (Wildman–Crippen LogP) is 3.76. The minimum Gasteiger partial charge on any atom is -0.378 e. The van der Waals surface area contributed by atoms with Gasteiger partial charge in [0.25, 0.3) is 5.69 Å². The fraction of sp³-hybridized carbons (Fsp3) is 0.0769. The van der Waals surface area contributed by atoms with Gasteiger partial charge in [-0.1, -0.05) is 0 Å². The van der Waals surface area contributed by atoms with E-state index in [-0.39, 0.29) is 23.5 Å². The molecule has 0 atom stereocenters. The van der Waals surface area contributed by atoms with Crippen LogP contribution in [0.15, 0.2) is 30.3 Å². The summed E-state index contributed by atoms with van der Waals surface area (Å²) in [5, 5.41) is 13.0. The second kappa shape index (κ2) is 5.78. The number of hydrogen-bond acceptors (Lipinski definition) is 3. The molecule has 0 saturated carbocycles. The Morgan fingerprint density at radius 2 is 1.62 bits per heavy atom. The lowest BCUT2D eigenvalue weighted by Crippen LogP contribution is -2.05. The summed E-state index contributed by atoms with van der Waals surface area (Å²) in [6, 6.07) is 3.77. The Hall–Kier alpha value is -2.64. The molecule has 2 rings (SSSR count). The summed E-state index contributed by atoms with van der Waals surface area (Å²) in [6.07, 6.45) is 0. The lowest BCUT2D eigenvalue weighted by molar-refractivity contribution is -0.384. The van der Waals surface area contributed by atoms with Crippen LogP contribution in [0, 0.1) is 33.4 Å². The molecule has 2 aromatic carbocycles. The number of halogens is 4. The van der Waals surface area contributed by atoms with Crippen molar-refractivity contribution in [3.05, 3.63) is 69.3 Å². The van der Waals surface area contributed by atoms with Crippen molar-refractivity contribution in [2.45, 2.75) is 6.54 Å². The molecule has 0 radical (unpaired) electrons. The molecular formula is C13H8F4N2O2. The molecule has 0 bridgehead atoms. The maximum atomic E-state index is 13.5. The maximum absolute atomic E-state index is 13.5. The van der Waals surface area contributed by atoms with E-state index < -0.39 is 28.2 Å². The average molecular weight is 300 g/mol. The fourth-order valence-corrected chi connectivity index (χ4v) is 1.65. The number of nitro benzene ring substituents is 1. The summed E-state index contributed by atoms with van der Waals surface area (Å²) >= 11 is 0. The van der Waals surface area contributed by atoms with Crippen molar-refractivity contribution in [1.82, 2.24) is 0 Å². The zero-order chi connectivity index (χ0) is 15.6. The third-order valence-electron chi connectivity index (χ3n) is 2.72. The normalized spacial score (nSPS) is 10.5. The standard InChI is InChI=1S/C13H8F4N2O2/c14-9-2-1-8(19(20)21)4-13(9)18-6-7-3-11(16)12(17)5-10(7)15/h1-5,18H,6H2. The van der Waals surface area contributed by atoms with E-state index in [4.69, 9.17) is 0 Å². The largest absolute Gasteiger partial charge is 0.378 e. The van der Waals surface area contributed by atoms with E-state index in [2.05, 4.69) is 5.32 Å². The number of non-ortho nitro benzene ring substituents is 1. The van der Waals surface area contributed by atoms with Gasteiger partial charge in [-0.2, -0.15) is 0 Å². The summed E-state index contributed by atoms with van der Waals surface area (Å²) in [5.41, 5.74) is -0.835. The summed E-state index contributed by atoms with van der Waals surface area (Å²) < 4.78 is 52.6. The van der Waals surface area contributed by atoms with Crippen molar-refractivity contribution >= 4 is 11.4 Å². The molecule has 0 aliphatic carbocycles. The number of rotatable bonds is 4. The summed E-state index contributed by atoms with van der Waals surface area (Å²) in [7, 11) is 0. The van der Waals surface area contributed by atoms with Crippen LogP contribution in [0.25, 0.3) is 0 Å². The van der Waals surface area contributed by atoms with E-state index in [0.29, 0.717) is 12.1 Å². The lowest BCUT2D eigenvalue weighted by Gasteiger charge is -2.09. The van der Waals surface area contributed by atoms with E-state index in [1.165, 1.54) is 0 Å². The van der Waals surface area contributed by atoms with Gasteiger partial charge in [0.15, 0.2) is 11.6 Å². The van der Waals surface area contributed by atoms with E-state index >= 15 is 0 Å². The number of hydrogen-bond donors (Lipinski definition) is 1. The van der Waals surface area contributed by atoms with Gasteiger partial charge < -0.3 is 5.32 Å². The van der Waals surface area contributed by atoms with Crippen LogP contribution in [0.4, 0.5) is 28.9 Å². The fourth-order valence-electron chi connectivity index (χ4n) is 1.65. The van der Waals surface area contributed by atoms with Crippen LogP contribution in [0.2, 0.25) is 0 Å². The van der Waals surface area contributed by atoms with E-state index in [9.17, 15) is 27.7 Å². The second-order valence-electron chi connectivity index (χ2n) is 4.13. The molecule has 1 N–H and O–H groups in total. The van der Waals surface area contributed by atoms with Crippen molar-refractivity contribution in [2.24, 2.45) is 0 Å². The molecule has 0 saturated heterocycles. The van der Waals surface area contributed by atoms with Gasteiger partial charge in [-0.25, -0.2) is 17.6 Å². The Morgan fingerprint density at radius 1 is 0.952 bits per heavy atom. The molecule has 0 unspecified atom stereocenters. The van der Waals surface area contributed by atoms with Crippen molar-refractivity contribution < 1.29 is 22.5 Å². The highest BCUT2D eigenvalue weighted by molar-refractivity contribution is 5.52. The molecule has 0 aliphatic heterocycles. The molecule has 4 nitrogen and oxygen atoms in total. The first-order valence-electron chi connectivity index (χ1n) is 5.69. The number of nitrogens with zero attached hydrogens (tertiary/aromatic N) is 1.